The second-order valence-electron chi connectivity index (χ2n) is 1.50. The third-order valence-electron chi connectivity index (χ3n) is 0.667. The van der Waals surface area contributed by atoms with Gasteiger partial charge in [-0.3, -0.25) is 0 Å². The highest BCUT2D eigenvalue weighted by Gasteiger charge is 1.86. The van der Waals surface area contributed by atoms with E-state index in [-0.39, 0.29) is 5.75 Å². The maximum Gasteiger partial charge on any atom is 0.0513 e. The number of carbonyl (C=O) groups is 1. The van der Waals surface area contributed by atoms with Crippen LogP contribution >= 0.6 is 24.4 Å². The lowest BCUT2D eigenvalue weighted by atomic mass is 10.6. The number of thioether (sulfide) groups is 1. The first kappa shape index (κ1) is 9.17. The largest absolute Gasteiger partial charge is 0.549 e. The maximum atomic E-state index is 9.81. The molecule has 0 aliphatic rings. The highest BCUT2D eigenvalue weighted by atomic mass is 32.2. The lowest BCUT2D eigenvalue weighted by molar-refractivity contribution is -0.301. The molecule has 0 fully saturated rings. The molecule has 0 aliphatic heterocycles. The van der Waals surface area contributed by atoms with Gasteiger partial charge in [0, 0.05) is 5.75 Å². The number of thiol groups is 1. The van der Waals surface area contributed by atoms with Crippen LogP contribution in [0, 0.1) is 0 Å². The number of hydrogen-bond acceptors (Lipinski definition) is 4. The predicted octanol–water partition coefficient (Wildman–Crippen LogP) is -0.211. The van der Waals surface area contributed by atoms with Gasteiger partial charge in [0.2, 0.25) is 0 Å². The SMILES string of the molecule is O=C([O-])CSCCCS. The fourth-order valence-electron chi connectivity index (χ4n) is 0.322. The van der Waals surface area contributed by atoms with Crippen molar-refractivity contribution in [1.82, 2.24) is 0 Å². The zero-order chi connectivity index (χ0) is 7.11. The average molecular weight is 165 g/mol. The molecule has 0 saturated heterocycles. The van der Waals surface area contributed by atoms with Crippen molar-refractivity contribution in [3.05, 3.63) is 0 Å². The van der Waals surface area contributed by atoms with Gasteiger partial charge >= 0.3 is 0 Å². The Morgan fingerprint density at radius 1 is 1.67 bits per heavy atom. The number of carboxylic acids is 1. The summed E-state index contributed by atoms with van der Waals surface area (Å²) in [4.78, 5) is 9.81. The van der Waals surface area contributed by atoms with Crippen LogP contribution in [-0.4, -0.2) is 23.2 Å². The van der Waals surface area contributed by atoms with E-state index in [4.69, 9.17) is 0 Å². The summed E-state index contributed by atoms with van der Waals surface area (Å²) in [7, 11) is 0. The number of hydrogen-bond donors (Lipinski definition) is 1. The van der Waals surface area contributed by atoms with Crippen LogP contribution in [-0.2, 0) is 4.79 Å². The molecule has 0 unspecified atom stereocenters. The zero-order valence-electron chi connectivity index (χ0n) is 5.00. The van der Waals surface area contributed by atoms with E-state index in [9.17, 15) is 9.90 Å². The third-order valence-corrected chi connectivity index (χ3v) is 2.00. The molecule has 0 amide bonds. The summed E-state index contributed by atoms with van der Waals surface area (Å²) >= 11 is 5.34. The normalized spacial score (nSPS) is 9.44. The van der Waals surface area contributed by atoms with E-state index in [1.54, 1.807) is 0 Å². The molecule has 0 spiro atoms. The molecule has 0 aromatic heterocycles. The highest BCUT2D eigenvalue weighted by molar-refractivity contribution is 7.99. The van der Waals surface area contributed by atoms with Crippen molar-refractivity contribution in [2.45, 2.75) is 6.42 Å². The van der Waals surface area contributed by atoms with Crippen molar-refractivity contribution in [2.75, 3.05) is 17.3 Å². The van der Waals surface area contributed by atoms with Gasteiger partial charge in [0.25, 0.3) is 0 Å². The van der Waals surface area contributed by atoms with Gasteiger partial charge in [-0.2, -0.15) is 24.4 Å². The minimum absolute atomic E-state index is 0.105. The van der Waals surface area contributed by atoms with Crippen LogP contribution in [0.25, 0.3) is 0 Å². The monoisotopic (exact) mass is 165 g/mol. The van der Waals surface area contributed by atoms with Crippen molar-refractivity contribution in [3.63, 3.8) is 0 Å². The van der Waals surface area contributed by atoms with Crippen LogP contribution < -0.4 is 5.11 Å². The molecule has 0 aromatic rings. The van der Waals surface area contributed by atoms with Crippen LogP contribution in [0.5, 0.6) is 0 Å². The lowest BCUT2D eigenvalue weighted by Gasteiger charge is -1.99. The van der Waals surface area contributed by atoms with Crippen molar-refractivity contribution >= 4 is 30.4 Å². The summed E-state index contributed by atoms with van der Waals surface area (Å²) in [5.41, 5.74) is 0. The van der Waals surface area contributed by atoms with E-state index in [1.807, 2.05) is 0 Å². The Hall–Kier alpha value is 0.170. The first-order chi connectivity index (χ1) is 4.27. The van der Waals surface area contributed by atoms with E-state index >= 15 is 0 Å². The molecule has 0 rings (SSSR count). The summed E-state index contributed by atoms with van der Waals surface area (Å²) in [6.07, 6.45) is 0.959. The van der Waals surface area contributed by atoms with Gasteiger partial charge in [-0.15, -0.1) is 0 Å². The van der Waals surface area contributed by atoms with Gasteiger partial charge in [-0.25, -0.2) is 0 Å². The van der Waals surface area contributed by atoms with Crippen LogP contribution in [0.3, 0.4) is 0 Å². The summed E-state index contributed by atoms with van der Waals surface area (Å²) in [5.74, 6) is 0.796. The molecule has 54 valence electrons. The van der Waals surface area contributed by atoms with Crippen molar-refractivity contribution < 1.29 is 9.90 Å². The van der Waals surface area contributed by atoms with Gasteiger partial charge in [0.1, 0.15) is 0 Å². The standard InChI is InChI=1S/C5H10O2S2/c6-5(7)4-9-3-1-2-8/h8H,1-4H2,(H,6,7)/p-1. The minimum atomic E-state index is -0.987. The van der Waals surface area contributed by atoms with Gasteiger partial charge in [-0.05, 0) is 17.9 Å². The van der Waals surface area contributed by atoms with Gasteiger partial charge in [-0.1, -0.05) is 0 Å². The second-order valence-corrected chi connectivity index (χ2v) is 3.05. The Kier molecular flexibility index (Phi) is 6.41. The minimum Gasteiger partial charge on any atom is -0.549 e. The van der Waals surface area contributed by atoms with Crippen molar-refractivity contribution in [3.8, 4) is 0 Å². The number of carbonyl (C=O) groups excluding carboxylic acids is 1. The number of rotatable bonds is 5. The second kappa shape index (κ2) is 6.29. The van der Waals surface area contributed by atoms with Gasteiger partial charge in [0.05, 0.1) is 5.97 Å². The molecule has 0 bridgehead atoms. The molecule has 0 heterocycles. The van der Waals surface area contributed by atoms with Crippen molar-refractivity contribution in [1.29, 1.82) is 0 Å². The number of carboxylic acid groups (broad SMARTS) is 1. The first-order valence-electron chi connectivity index (χ1n) is 2.66. The molecular weight excluding hydrogens is 156 g/mol. The fourth-order valence-corrected chi connectivity index (χ4v) is 1.35. The predicted molar refractivity (Wildman–Crippen MR) is 40.8 cm³/mol. The van der Waals surface area contributed by atoms with E-state index in [0.29, 0.717) is 0 Å². The summed E-state index contributed by atoms with van der Waals surface area (Å²) < 4.78 is 0. The van der Waals surface area contributed by atoms with E-state index in [1.165, 1.54) is 11.8 Å². The maximum absolute atomic E-state index is 9.81. The Bertz CT molecular complexity index is 85.0. The molecular formula is C5H9O2S2-. The topological polar surface area (TPSA) is 40.1 Å². The molecule has 2 nitrogen and oxygen atoms in total. The molecule has 0 N–H and O–H groups in total. The quantitative estimate of drug-likeness (QED) is 0.452. The van der Waals surface area contributed by atoms with Crippen LogP contribution in [0.1, 0.15) is 6.42 Å². The molecule has 0 aromatic carbocycles. The Morgan fingerprint density at radius 3 is 2.78 bits per heavy atom. The van der Waals surface area contributed by atoms with E-state index in [0.717, 1.165) is 17.9 Å². The average Bonchev–Trinajstić information content (AvgIpc) is 1.80. The zero-order valence-corrected chi connectivity index (χ0v) is 6.71. The summed E-state index contributed by atoms with van der Waals surface area (Å²) in [6.45, 7) is 0. The van der Waals surface area contributed by atoms with Crippen LogP contribution in [0.4, 0.5) is 0 Å². The van der Waals surface area contributed by atoms with Gasteiger partial charge < -0.3 is 9.90 Å². The Balaban J connectivity index is 2.83. The Labute approximate surface area is 64.4 Å². The highest BCUT2D eigenvalue weighted by Crippen LogP contribution is 2.00. The molecule has 0 atom stereocenters. The molecule has 0 saturated carbocycles. The van der Waals surface area contributed by atoms with Crippen molar-refractivity contribution in [2.24, 2.45) is 0 Å². The summed E-state index contributed by atoms with van der Waals surface area (Å²) in [5, 5.41) is 9.81. The van der Waals surface area contributed by atoms with E-state index < -0.39 is 5.97 Å². The van der Waals surface area contributed by atoms with Gasteiger partial charge in [0.15, 0.2) is 0 Å². The molecule has 0 radical (unpaired) electrons. The fraction of sp³-hybridized carbons (Fsp3) is 0.800. The van der Waals surface area contributed by atoms with E-state index in [2.05, 4.69) is 12.6 Å². The van der Waals surface area contributed by atoms with Crippen LogP contribution in [0.15, 0.2) is 0 Å². The molecule has 4 heteroatoms. The molecule has 9 heavy (non-hydrogen) atoms. The summed E-state index contributed by atoms with van der Waals surface area (Å²) in [6, 6.07) is 0. The Morgan fingerprint density at radius 2 is 2.33 bits per heavy atom. The van der Waals surface area contributed by atoms with Crippen LogP contribution in [0.2, 0.25) is 0 Å². The molecule has 0 aliphatic carbocycles. The smallest absolute Gasteiger partial charge is 0.0513 e. The number of aliphatic carboxylic acids is 1. The lowest BCUT2D eigenvalue weighted by Crippen LogP contribution is -2.24. The third kappa shape index (κ3) is 8.17. The first-order valence-corrected chi connectivity index (χ1v) is 4.44.